The van der Waals surface area contributed by atoms with Crippen molar-refractivity contribution in [1.82, 2.24) is 5.32 Å². The molecule has 0 aromatic heterocycles. The monoisotopic (exact) mass is 251 g/mol. The molecule has 0 saturated heterocycles. The minimum atomic E-state index is 0.00903. The maximum absolute atomic E-state index is 11.5. The van der Waals surface area contributed by atoms with Gasteiger partial charge in [0.1, 0.15) is 5.75 Å². The summed E-state index contributed by atoms with van der Waals surface area (Å²) in [7, 11) is 0. The molecule has 0 aliphatic heterocycles. The first-order chi connectivity index (χ1) is 8.74. The van der Waals surface area contributed by atoms with Gasteiger partial charge in [0.05, 0.1) is 0 Å². The number of aromatic hydroxyl groups is 1. The third-order valence-corrected chi connectivity index (χ3v) is 2.60. The Morgan fingerprint density at radius 2 is 2.17 bits per heavy atom. The first-order valence-corrected chi connectivity index (χ1v) is 6.35. The molecule has 18 heavy (non-hydrogen) atoms. The first kappa shape index (κ1) is 14.5. The van der Waals surface area contributed by atoms with Crippen LogP contribution in [-0.2, 0) is 16.0 Å². The quantitative estimate of drug-likeness (QED) is 0.693. The van der Waals surface area contributed by atoms with Gasteiger partial charge in [0.25, 0.3) is 0 Å². The van der Waals surface area contributed by atoms with Crippen molar-refractivity contribution in [3.63, 3.8) is 0 Å². The number of aryl methyl sites for hydroxylation is 1. The van der Waals surface area contributed by atoms with E-state index in [1.54, 1.807) is 12.1 Å². The van der Waals surface area contributed by atoms with Gasteiger partial charge in [-0.15, -0.1) is 0 Å². The number of hydrogen-bond acceptors (Lipinski definition) is 3. The van der Waals surface area contributed by atoms with Crippen molar-refractivity contribution in [2.75, 3.05) is 19.8 Å². The summed E-state index contributed by atoms with van der Waals surface area (Å²) in [5.74, 6) is 0.261. The van der Waals surface area contributed by atoms with Gasteiger partial charge >= 0.3 is 0 Å². The number of nitrogens with one attached hydrogen (secondary N) is 1. The van der Waals surface area contributed by atoms with Crippen molar-refractivity contribution in [2.45, 2.75) is 26.2 Å². The summed E-state index contributed by atoms with van der Waals surface area (Å²) in [6.07, 6.45) is 1.78. The predicted molar refractivity (Wildman–Crippen MR) is 70.5 cm³/mol. The highest BCUT2D eigenvalue weighted by Crippen LogP contribution is 2.16. The van der Waals surface area contributed by atoms with Crippen molar-refractivity contribution in [3.05, 3.63) is 29.8 Å². The Hall–Kier alpha value is -1.55. The van der Waals surface area contributed by atoms with Crippen molar-refractivity contribution in [3.8, 4) is 5.75 Å². The molecule has 2 N–H and O–H groups in total. The van der Waals surface area contributed by atoms with Crippen LogP contribution in [0.2, 0.25) is 0 Å². The van der Waals surface area contributed by atoms with E-state index in [1.807, 2.05) is 19.1 Å². The van der Waals surface area contributed by atoms with Crippen LogP contribution in [0.5, 0.6) is 5.75 Å². The molecule has 4 nitrogen and oxygen atoms in total. The number of phenols is 1. The van der Waals surface area contributed by atoms with Gasteiger partial charge in [-0.05, 0) is 31.4 Å². The van der Waals surface area contributed by atoms with E-state index < -0.39 is 0 Å². The lowest BCUT2D eigenvalue weighted by Gasteiger charge is -2.06. The molecule has 0 heterocycles. The van der Waals surface area contributed by atoms with Crippen molar-refractivity contribution < 1.29 is 14.6 Å². The average molecular weight is 251 g/mol. The number of carbonyl (C=O) groups excluding carboxylic acids is 1. The summed E-state index contributed by atoms with van der Waals surface area (Å²) in [5, 5.41) is 12.4. The molecule has 1 rings (SSSR count). The minimum absolute atomic E-state index is 0.00903. The van der Waals surface area contributed by atoms with Crippen LogP contribution in [0.1, 0.15) is 25.3 Å². The summed E-state index contributed by atoms with van der Waals surface area (Å²) >= 11 is 0. The van der Waals surface area contributed by atoms with Gasteiger partial charge in [-0.1, -0.05) is 18.2 Å². The van der Waals surface area contributed by atoms with Crippen LogP contribution < -0.4 is 5.32 Å². The summed E-state index contributed by atoms with van der Waals surface area (Å²) in [4.78, 5) is 11.5. The van der Waals surface area contributed by atoms with Gasteiger partial charge in [-0.3, -0.25) is 4.79 Å². The number of para-hydroxylation sites is 1. The lowest BCUT2D eigenvalue weighted by atomic mass is 10.1. The second kappa shape index (κ2) is 8.53. The molecule has 0 aliphatic rings. The molecule has 4 heteroatoms. The topological polar surface area (TPSA) is 58.6 Å². The fourth-order valence-electron chi connectivity index (χ4n) is 1.61. The fourth-order valence-corrected chi connectivity index (χ4v) is 1.61. The number of phenolic OH excluding ortho intramolecular Hbond substituents is 1. The number of benzene rings is 1. The molecule has 0 unspecified atom stereocenters. The number of ether oxygens (including phenoxy) is 1. The molecule has 1 amide bonds. The van der Waals surface area contributed by atoms with E-state index in [9.17, 15) is 9.90 Å². The van der Waals surface area contributed by atoms with Crippen molar-refractivity contribution >= 4 is 5.91 Å². The van der Waals surface area contributed by atoms with Gasteiger partial charge in [-0.25, -0.2) is 0 Å². The van der Waals surface area contributed by atoms with E-state index in [4.69, 9.17) is 4.74 Å². The summed E-state index contributed by atoms with van der Waals surface area (Å²) < 4.78 is 5.18. The second-order valence-corrected chi connectivity index (χ2v) is 4.03. The molecule has 0 saturated carbocycles. The van der Waals surface area contributed by atoms with E-state index in [0.717, 1.165) is 12.0 Å². The van der Waals surface area contributed by atoms with Crippen LogP contribution in [0.3, 0.4) is 0 Å². The molecular formula is C14H21NO3. The Bertz CT molecular complexity index is 366. The lowest BCUT2D eigenvalue weighted by molar-refractivity contribution is -0.121. The Morgan fingerprint density at radius 3 is 2.89 bits per heavy atom. The molecular weight excluding hydrogens is 230 g/mol. The van der Waals surface area contributed by atoms with Crippen LogP contribution in [0.25, 0.3) is 0 Å². The standard InChI is InChI=1S/C14H21NO3/c1-2-18-11-5-10-15-14(17)9-8-12-6-3-4-7-13(12)16/h3-4,6-7,16H,2,5,8-11H2,1H3,(H,15,17). The number of carbonyl (C=O) groups is 1. The molecule has 0 radical (unpaired) electrons. The normalized spacial score (nSPS) is 10.3. The lowest BCUT2D eigenvalue weighted by Crippen LogP contribution is -2.25. The van der Waals surface area contributed by atoms with Crippen LogP contribution >= 0.6 is 0 Å². The number of rotatable bonds is 8. The Morgan fingerprint density at radius 1 is 1.39 bits per heavy atom. The third kappa shape index (κ3) is 5.68. The van der Waals surface area contributed by atoms with Crippen LogP contribution in [0, 0.1) is 0 Å². The number of amides is 1. The SMILES string of the molecule is CCOCCCNC(=O)CCc1ccccc1O. The second-order valence-electron chi connectivity index (χ2n) is 4.03. The van der Waals surface area contributed by atoms with Gasteiger partial charge < -0.3 is 15.2 Å². The predicted octanol–water partition coefficient (Wildman–Crippen LogP) is 1.87. The zero-order chi connectivity index (χ0) is 13.2. The largest absolute Gasteiger partial charge is 0.508 e. The van der Waals surface area contributed by atoms with E-state index in [1.165, 1.54) is 0 Å². The summed E-state index contributed by atoms with van der Waals surface area (Å²) in [5.41, 5.74) is 0.807. The molecule has 0 fully saturated rings. The van der Waals surface area contributed by atoms with E-state index in [2.05, 4.69) is 5.32 Å². The molecule has 0 bridgehead atoms. The highest BCUT2D eigenvalue weighted by Gasteiger charge is 2.04. The van der Waals surface area contributed by atoms with Gasteiger partial charge in [0.2, 0.25) is 5.91 Å². The smallest absolute Gasteiger partial charge is 0.220 e. The number of hydrogen-bond donors (Lipinski definition) is 2. The van der Waals surface area contributed by atoms with E-state index in [0.29, 0.717) is 32.6 Å². The van der Waals surface area contributed by atoms with E-state index in [-0.39, 0.29) is 11.7 Å². The Kier molecular flexibility index (Phi) is 6.87. The Balaban J connectivity index is 2.15. The van der Waals surface area contributed by atoms with Gasteiger partial charge in [0, 0.05) is 26.2 Å². The first-order valence-electron chi connectivity index (χ1n) is 6.35. The zero-order valence-corrected chi connectivity index (χ0v) is 10.8. The maximum Gasteiger partial charge on any atom is 0.220 e. The van der Waals surface area contributed by atoms with Crippen molar-refractivity contribution in [1.29, 1.82) is 0 Å². The highest BCUT2D eigenvalue weighted by molar-refractivity contribution is 5.76. The molecule has 1 aromatic carbocycles. The molecule has 0 aliphatic carbocycles. The average Bonchev–Trinajstić information content (AvgIpc) is 2.37. The van der Waals surface area contributed by atoms with Gasteiger partial charge in [0.15, 0.2) is 0 Å². The fraction of sp³-hybridized carbons (Fsp3) is 0.500. The van der Waals surface area contributed by atoms with Crippen LogP contribution in [0.4, 0.5) is 0 Å². The molecule has 100 valence electrons. The third-order valence-electron chi connectivity index (χ3n) is 2.60. The summed E-state index contributed by atoms with van der Waals surface area (Å²) in [6, 6.07) is 7.09. The van der Waals surface area contributed by atoms with Crippen LogP contribution in [-0.4, -0.2) is 30.8 Å². The molecule has 0 spiro atoms. The zero-order valence-electron chi connectivity index (χ0n) is 10.8. The Labute approximate surface area is 108 Å². The van der Waals surface area contributed by atoms with Gasteiger partial charge in [-0.2, -0.15) is 0 Å². The van der Waals surface area contributed by atoms with Crippen LogP contribution in [0.15, 0.2) is 24.3 Å². The maximum atomic E-state index is 11.5. The minimum Gasteiger partial charge on any atom is -0.508 e. The highest BCUT2D eigenvalue weighted by atomic mass is 16.5. The molecule has 0 atom stereocenters. The molecule has 1 aromatic rings. The van der Waals surface area contributed by atoms with Crippen molar-refractivity contribution in [2.24, 2.45) is 0 Å². The summed E-state index contributed by atoms with van der Waals surface area (Å²) in [6.45, 7) is 3.97. The van der Waals surface area contributed by atoms with E-state index >= 15 is 0 Å².